The van der Waals surface area contributed by atoms with Crippen LogP contribution in [0.3, 0.4) is 0 Å². The molecular weight excluding hydrogens is 366 g/mol. The zero-order valence-electron chi connectivity index (χ0n) is 12.4. The van der Waals surface area contributed by atoms with Crippen molar-refractivity contribution in [2.24, 2.45) is 5.92 Å². The van der Waals surface area contributed by atoms with E-state index in [9.17, 15) is 0 Å². The second kappa shape index (κ2) is 8.33. The minimum absolute atomic E-state index is 0.478. The number of thiophene rings is 1. The lowest BCUT2D eigenvalue weighted by Crippen LogP contribution is -2.26. The third-order valence-electron chi connectivity index (χ3n) is 3.35. The fraction of sp³-hybridized carbons (Fsp3) is 0.412. The summed E-state index contributed by atoms with van der Waals surface area (Å²) in [4.78, 5) is 1.41. The van der Waals surface area contributed by atoms with Gasteiger partial charge < -0.3 is 5.32 Å². The maximum Gasteiger partial charge on any atom is 0.0406 e. The van der Waals surface area contributed by atoms with Crippen molar-refractivity contribution in [2.75, 3.05) is 13.1 Å². The molecule has 1 unspecified atom stereocenters. The van der Waals surface area contributed by atoms with Gasteiger partial charge in [-0.2, -0.15) is 0 Å². The molecule has 1 aromatic carbocycles. The van der Waals surface area contributed by atoms with E-state index in [-0.39, 0.29) is 0 Å². The third kappa shape index (κ3) is 5.74. The SMILES string of the molecule is CC(C)CNCC(Cc1cc(Br)cs1)c1ccc(Cl)cc1. The molecule has 0 saturated heterocycles. The van der Waals surface area contributed by atoms with Gasteiger partial charge >= 0.3 is 0 Å². The Bertz CT molecular complexity index is 550. The molecule has 0 fully saturated rings. The van der Waals surface area contributed by atoms with Crippen LogP contribution in [0.2, 0.25) is 5.02 Å². The van der Waals surface area contributed by atoms with Crippen LogP contribution < -0.4 is 5.32 Å². The lowest BCUT2D eigenvalue weighted by molar-refractivity contribution is 0.515. The predicted octanol–water partition coefficient (Wildman–Crippen LogP) is 5.74. The number of benzene rings is 1. The molecule has 1 atom stereocenters. The highest BCUT2D eigenvalue weighted by Crippen LogP contribution is 2.27. The summed E-state index contributed by atoms with van der Waals surface area (Å²) in [6, 6.07) is 10.5. The maximum absolute atomic E-state index is 6.01. The zero-order valence-corrected chi connectivity index (χ0v) is 15.6. The summed E-state index contributed by atoms with van der Waals surface area (Å²) in [5, 5.41) is 6.53. The van der Waals surface area contributed by atoms with Crippen molar-refractivity contribution in [3.05, 3.63) is 55.6 Å². The second-order valence-electron chi connectivity index (χ2n) is 5.74. The highest BCUT2D eigenvalue weighted by molar-refractivity contribution is 9.10. The molecule has 114 valence electrons. The van der Waals surface area contributed by atoms with Crippen LogP contribution in [0, 0.1) is 5.92 Å². The van der Waals surface area contributed by atoms with Crippen LogP contribution in [0.1, 0.15) is 30.2 Å². The van der Waals surface area contributed by atoms with Gasteiger partial charge in [-0.05, 0) is 58.6 Å². The van der Waals surface area contributed by atoms with E-state index in [1.165, 1.54) is 14.9 Å². The summed E-state index contributed by atoms with van der Waals surface area (Å²) in [5.41, 5.74) is 1.35. The zero-order chi connectivity index (χ0) is 15.2. The molecule has 1 aromatic heterocycles. The fourth-order valence-electron chi connectivity index (χ4n) is 2.29. The molecule has 0 spiro atoms. The van der Waals surface area contributed by atoms with E-state index in [0.717, 1.165) is 24.5 Å². The predicted molar refractivity (Wildman–Crippen MR) is 97.6 cm³/mol. The molecule has 1 heterocycles. The highest BCUT2D eigenvalue weighted by Gasteiger charge is 2.14. The van der Waals surface area contributed by atoms with Crippen molar-refractivity contribution in [3.63, 3.8) is 0 Å². The Hall–Kier alpha value is -0.350. The Morgan fingerprint density at radius 2 is 1.90 bits per heavy atom. The van der Waals surface area contributed by atoms with Crippen LogP contribution in [0.4, 0.5) is 0 Å². The first kappa shape index (κ1) is 17.0. The van der Waals surface area contributed by atoms with Gasteiger partial charge in [-0.15, -0.1) is 11.3 Å². The molecule has 0 bridgehead atoms. The van der Waals surface area contributed by atoms with Crippen LogP contribution in [0.25, 0.3) is 0 Å². The third-order valence-corrected chi connectivity index (χ3v) is 5.33. The van der Waals surface area contributed by atoms with E-state index in [1.807, 2.05) is 23.5 Å². The first-order valence-electron chi connectivity index (χ1n) is 7.23. The van der Waals surface area contributed by atoms with Gasteiger partial charge in [0.15, 0.2) is 0 Å². The van der Waals surface area contributed by atoms with Crippen molar-refractivity contribution >= 4 is 38.9 Å². The summed E-state index contributed by atoms with van der Waals surface area (Å²) in [5.74, 6) is 1.15. The Labute approximate surface area is 144 Å². The first-order valence-corrected chi connectivity index (χ1v) is 9.28. The van der Waals surface area contributed by atoms with E-state index in [1.54, 1.807) is 0 Å². The van der Waals surface area contributed by atoms with Gasteiger partial charge in [0.2, 0.25) is 0 Å². The van der Waals surface area contributed by atoms with Crippen LogP contribution in [-0.4, -0.2) is 13.1 Å². The molecule has 0 aliphatic heterocycles. The second-order valence-corrected chi connectivity index (χ2v) is 8.08. The Morgan fingerprint density at radius 3 is 2.48 bits per heavy atom. The Morgan fingerprint density at radius 1 is 1.19 bits per heavy atom. The van der Waals surface area contributed by atoms with E-state index in [4.69, 9.17) is 11.6 Å². The number of hydrogen-bond donors (Lipinski definition) is 1. The summed E-state index contributed by atoms with van der Waals surface area (Å²) in [7, 11) is 0. The molecule has 0 aliphatic carbocycles. The van der Waals surface area contributed by atoms with Crippen LogP contribution in [-0.2, 0) is 6.42 Å². The minimum atomic E-state index is 0.478. The van der Waals surface area contributed by atoms with Crippen molar-refractivity contribution < 1.29 is 0 Å². The molecule has 4 heteroatoms. The summed E-state index contributed by atoms with van der Waals surface area (Å²) >= 11 is 11.4. The van der Waals surface area contributed by atoms with Gasteiger partial charge in [-0.1, -0.05) is 37.6 Å². The number of hydrogen-bond acceptors (Lipinski definition) is 2. The van der Waals surface area contributed by atoms with Gasteiger partial charge in [-0.25, -0.2) is 0 Å². The Balaban J connectivity index is 2.07. The van der Waals surface area contributed by atoms with Gasteiger partial charge in [-0.3, -0.25) is 0 Å². The Kier molecular flexibility index (Phi) is 6.74. The molecule has 0 saturated carbocycles. The molecule has 1 nitrogen and oxygen atoms in total. The lowest BCUT2D eigenvalue weighted by Gasteiger charge is -2.18. The summed E-state index contributed by atoms with van der Waals surface area (Å²) < 4.78 is 1.17. The van der Waals surface area contributed by atoms with Crippen molar-refractivity contribution in [1.29, 1.82) is 0 Å². The topological polar surface area (TPSA) is 12.0 Å². The molecule has 0 radical (unpaired) electrons. The molecule has 2 rings (SSSR count). The van der Waals surface area contributed by atoms with E-state index in [2.05, 4.69) is 58.7 Å². The standard InChI is InChI=1S/C17H21BrClNS/c1-12(2)9-20-10-14(7-17-8-15(18)11-21-17)13-3-5-16(19)6-4-13/h3-6,8,11-12,14,20H,7,9-10H2,1-2H3. The lowest BCUT2D eigenvalue weighted by atomic mass is 9.94. The van der Waals surface area contributed by atoms with Gasteiger partial charge in [0.25, 0.3) is 0 Å². The van der Waals surface area contributed by atoms with Crippen molar-refractivity contribution in [3.8, 4) is 0 Å². The molecule has 0 amide bonds. The average molecular weight is 387 g/mol. The van der Waals surface area contributed by atoms with Crippen LogP contribution >= 0.6 is 38.9 Å². The van der Waals surface area contributed by atoms with Crippen LogP contribution in [0.15, 0.2) is 40.2 Å². The molecule has 0 aliphatic rings. The van der Waals surface area contributed by atoms with Gasteiger partial charge in [0.1, 0.15) is 0 Å². The molecule has 21 heavy (non-hydrogen) atoms. The first-order chi connectivity index (χ1) is 10.0. The van der Waals surface area contributed by atoms with Crippen LogP contribution in [0.5, 0.6) is 0 Å². The minimum Gasteiger partial charge on any atom is -0.316 e. The average Bonchev–Trinajstić information content (AvgIpc) is 2.84. The highest BCUT2D eigenvalue weighted by atomic mass is 79.9. The number of rotatable bonds is 7. The summed E-state index contributed by atoms with van der Waals surface area (Å²) in [6.07, 6.45) is 1.06. The largest absolute Gasteiger partial charge is 0.316 e. The molecule has 1 N–H and O–H groups in total. The monoisotopic (exact) mass is 385 g/mol. The number of nitrogens with one attached hydrogen (secondary N) is 1. The molecular formula is C17H21BrClNS. The fourth-order valence-corrected chi connectivity index (χ4v) is 3.95. The number of halogens is 2. The van der Waals surface area contributed by atoms with Gasteiger partial charge in [0.05, 0.1) is 0 Å². The van der Waals surface area contributed by atoms with E-state index in [0.29, 0.717) is 11.8 Å². The van der Waals surface area contributed by atoms with Gasteiger partial charge in [0, 0.05) is 32.2 Å². The molecule has 2 aromatic rings. The smallest absolute Gasteiger partial charge is 0.0406 e. The van der Waals surface area contributed by atoms with Crippen molar-refractivity contribution in [1.82, 2.24) is 5.32 Å². The summed E-state index contributed by atoms with van der Waals surface area (Å²) in [6.45, 7) is 6.52. The maximum atomic E-state index is 6.01. The van der Waals surface area contributed by atoms with E-state index < -0.39 is 0 Å². The van der Waals surface area contributed by atoms with E-state index >= 15 is 0 Å². The quantitative estimate of drug-likeness (QED) is 0.640. The van der Waals surface area contributed by atoms with Crippen molar-refractivity contribution in [2.45, 2.75) is 26.2 Å². The normalized spacial score (nSPS) is 12.8.